The van der Waals surface area contributed by atoms with Crippen LogP contribution in [-0.4, -0.2) is 6.54 Å². The van der Waals surface area contributed by atoms with E-state index in [4.69, 9.17) is 0 Å². The van der Waals surface area contributed by atoms with Crippen LogP contribution in [0, 0.1) is 13.8 Å². The van der Waals surface area contributed by atoms with Crippen LogP contribution in [0.4, 0.5) is 0 Å². The van der Waals surface area contributed by atoms with E-state index in [2.05, 4.69) is 43.9 Å². The summed E-state index contributed by atoms with van der Waals surface area (Å²) >= 11 is 0. The van der Waals surface area contributed by atoms with Crippen molar-refractivity contribution in [3.63, 3.8) is 0 Å². The second-order valence-corrected chi connectivity index (χ2v) is 3.33. The molecule has 1 N–H and O–H groups in total. The van der Waals surface area contributed by atoms with Gasteiger partial charge in [0, 0.05) is 6.54 Å². The van der Waals surface area contributed by atoms with E-state index in [0.29, 0.717) is 0 Å². The molecule has 1 heteroatoms. The normalized spacial score (nSPS) is 9.69. The van der Waals surface area contributed by atoms with Crippen molar-refractivity contribution in [2.45, 2.75) is 20.3 Å². The largest absolute Gasteiger partial charge is 0.391 e. The van der Waals surface area contributed by atoms with Gasteiger partial charge in [-0.2, -0.15) is 0 Å². The number of rotatable bonds is 4. The predicted octanol–water partition coefficient (Wildman–Crippen LogP) is 2.58. The minimum absolute atomic E-state index is 0.964. The summed E-state index contributed by atoms with van der Waals surface area (Å²) in [6.45, 7) is 8.87. The van der Waals surface area contributed by atoms with Crippen molar-refractivity contribution in [3.8, 4) is 0 Å². The Labute approximate surface area is 80.5 Å². The van der Waals surface area contributed by atoms with Gasteiger partial charge in [0.1, 0.15) is 0 Å². The Morgan fingerprint density at radius 3 is 2.69 bits per heavy atom. The summed E-state index contributed by atoms with van der Waals surface area (Å²) in [6.07, 6.45) is 2.80. The summed E-state index contributed by atoms with van der Waals surface area (Å²) < 4.78 is 0. The number of nitrogens with one attached hydrogen (secondary N) is 1. The molecular formula is C12H17N. The molecule has 1 nitrogen and oxygen atoms in total. The van der Waals surface area contributed by atoms with Gasteiger partial charge in [-0.3, -0.25) is 0 Å². The second-order valence-electron chi connectivity index (χ2n) is 3.33. The molecule has 0 aliphatic carbocycles. The standard InChI is InChI=1S/C12H17N/c1-4-13-8-7-12-6-5-10(2)11(3)9-12/h4-6,9,13H,1,7-8H2,2-3H3. The van der Waals surface area contributed by atoms with Gasteiger partial charge in [0.2, 0.25) is 0 Å². The van der Waals surface area contributed by atoms with Gasteiger partial charge in [-0.15, -0.1) is 0 Å². The molecule has 0 aliphatic rings. The lowest BCUT2D eigenvalue weighted by atomic mass is 10.0. The van der Waals surface area contributed by atoms with Crippen LogP contribution in [0.3, 0.4) is 0 Å². The van der Waals surface area contributed by atoms with Crippen molar-refractivity contribution in [2.75, 3.05) is 6.54 Å². The predicted molar refractivity (Wildman–Crippen MR) is 57.8 cm³/mol. The molecule has 0 aromatic heterocycles. The minimum atomic E-state index is 0.964. The Kier molecular flexibility index (Phi) is 3.56. The van der Waals surface area contributed by atoms with Crippen molar-refractivity contribution in [1.29, 1.82) is 0 Å². The van der Waals surface area contributed by atoms with Crippen molar-refractivity contribution in [2.24, 2.45) is 0 Å². The average Bonchev–Trinajstić information content (AvgIpc) is 2.12. The Hall–Kier alpha value is -1.24. The highest BCUT2D eigenvalue weighted by molar-refractivity contribution is 5.30. The van der Waals surface area contributed by atoms with Crippen molar-refractivity contribution < 1.29 is 0 Å². The van der Waals surface area contributed by atoms with Gasteiger partial charge < -0.3 is 5.32 Å². The molecule has 0 unspecified atom stereocenters. The molecule has 0 fully saturated rings. The topological polar surface area (TPSA) is 12.0 Å². The van der Waals surface area contributed by atoms with Crippen molar-refractivity contribution in [3.05, 3.63) is 47.7 Å². The molecule has 13 heavy (non-hydrogen) atoms. The van der Waals surface area contributed by atoms with Crippen LogP contribution in [0.1, 0.15) is 16.7 Å². The highest BCUT2D eigenvalue weighted by atomic mass is 14.8. The summed E-state index contributed by atoms with van der Waals surface area (Å²) in [7, 11) is 0. The highest BCUT2D eigenvalue weighted by Crippen LogP contribution is 2.09. The fraction of sp³-hybridized carbons (Fsp3) is 0.333. The van der Waals surface area contributed by atoms with E-state index in [1.807, 2.05) is 0 Å². The summed E-state index contributed by atoms with van der Waals surface area (Å²) in [5, 5.41) is 3.09. The summed E-state index contributed by atoms with van der Waals surface area (Å²) in [5.41, 5.74) is 4.12. The first kappa shape index (κ1) is 9.85. The fourth-order valence-electron chi connectivity index (χ4n) is 1.28. The third kappa shape index (κ3) is 2.94. The van der Waals surface area contributed by atoms with Crippen molar-refractivity contribution in [1.82, 2.24) is 5.32 Å². The molecule has 0 aliphatic heterocycles. The molecule has 0 heterocycles. The van der Waals surface area contributed by atoms with Crippen LogP contribution in [-0.2, 0) is 6.42 Å². The zero-order valence-corrected chi connectivity index (χ0v) is 8.43. The van der Waals surface area contributed by atoms with Gasteiger partial charge in [0.05, 0.1) is 0 Å². The van der Waals surface area contributed by atoms with Gasteiger partial charge in [0.15, 0.2) is 0 Å². The quantitative estimate of drug-likeness (QED) is 0.693. The lowest BCUT2D eigenvalue weighted by molar-refractivity contribution is 0.833. The van der Waals surface area contributed by atoms with E-state index < -0.39 is 0 Å². The summed E-state index contributed by atoms with van der Waals surface area (Å²) in [5.74, 6) is 0. The van der Waals surface area contributed by atoms with Crippen LogP contribution in [0.5, 0.6) is 0 Å². The maximum Gasteiger partial charge on any atom is 0.0181 e. The van der Waals surface area contributed by atoms with Gasteiger partial charge >= 0.3 is 0 Å². The Balaban J connectivity index is 2.57. The van der Waals surface area contributed by atoms with Gasteiger partial charge in [-0.25, -0.2) is 0 Å². The SMILES string of the molecule is C=CNCCc1ccc(C)c(C)c1. The Morgan fingerprint density at radius 1 is 1.31 bits per heavy atom. The molecule has 0 amide bonds. The third-order valence-corrected chi connectivity index (χ3v) is 2.27. The number of benzene rings is 1. The van der Waals surface area contributed by atoms with Crippen LogP contribution in [0.25, 0.3) is 0 Å². The van der Waals surface area contributed by atoms with E-state index in [-0.39, 0.29) is 0 Å². The number of hydrogen-bond acceptors (Lipinski definition) is 1. The summed E-state index contributed by atoms with van der Waals surface area (Å²) in [4.78, 5) is 0. The Bertz CT molecular complexity index is 289. The Morgan fingerprint density at radius 2 is 2.08 bits per heavy atom. The van der Waals surface area contributed by atoms with Crippen LogP contribution < -0.4 is 5.32 Å². The molecule has 1 rings (SSSR count). The van der Waals surface area contributed by atoms with E-state index in [9.17, 15) is 0 Å². The summed E-state index contributed by atoms with van der Waals surface area (Å²) in [6, 6.07) is 6.62. The molecular weight excluding hydrogens is 158 g/mol. The lowest BCUT2D eigenvalue weighted by Gasteiger charge is -2.04. The monoisotopic (exact) mass is 175 g/mol. The number of aryl methyl sites for hydroxylation is 2. The molecule has 0 saturated carbocycles. The molecule has 0 bridgehead atoms. The van der Waals surface area contributed by atoms with Crippen LogP contribution in [0.2, 0.25) is 0 Å². The number of hydrogen-bond donors (Lipinski definition) is 1. The molecule has 0 spiro atoms. The van der Waals surface area contributed by atoms with Crippen molar-refractivity contribution >= 4 is 0 Å². The van der Waals surface area contributed by atoms with Crippen LogP contribution >= 0.6 is 0 Å². The molecule has 70 valence electrons. The van der Waals surface area contributed by atoms with E-state index in [1.165, 1.54) is 16.7 Å². The van der Waals surface area contributed by atoms with Gasteiger partial charge in [-0.1, -0.05) is 24.8 Å². The average molecular weight is 175 g/mol. The first-order chi connectivity index (χ1) is 6.24. The third-order valence-electron chi connectivity index (χ3n) is 2.27. The molecule has 0 atom stereocenters. The zero-order valence-electron chi connectivity index (χ0n) is 8.43. The second kappa shape index (κ2) is 4.70. The highest BCUT2D eigenvalue weighted by Gasteiger charge is 1.95. The van der Waals surface area contributed by atoms with Crippen LogP contribution in [0.15, 0.2) is 31.0 Å². The first-order valence-corrected chi connectivity index (χ1v) is 4.64. The van der Waals surface area contributed by atoms with E-state index >= 15 is 0 Å². The van der Waals surface area contributed by atoms with Gasteiger partial charge in [0.25, 0.3) is 0 Å². The fourth-order valence-corrected chi connectivity index (χ4v) is 1.28. The first-order valence-electron chi connectivity index (χ1n) is 4.64. The van der Waals surface area contributed by atoms with Gasteiger partial charge in [-0.05, 0) is 43.2 Å². The molecule has 1 aromatic rings. The molecule has 0 saturated heterocycles. The molecule has 1 aromatic carbocycles. The maximum atomic E-state index is 3.61. The minimum Gasteiger partial charge on any atom is -0.391 e. The maximum absolute atomic E-state index is 3.61. The zero-order chi connectivity index (χ0) is 9.68. The smallest absolute Gasteiger partial charge is 0.0181 e. The van der Waals surface area contributed by atoms with E-state index in [1.54, 1.807) is 6.20 Å². The van der Waals surface area contributed by atoms with E-state index in [0.717, 1.165) is 13.0 Å². The lowest BCUT2D eigenvalue weighted by Crippen LogP contribution is -2.09. The molecule has 0 radical (unpaired) electrons.